The van der Waals surface area contributed by atoms with Gasteiger partial charge in [-0.2, -0.15) is 0 Å². The standard InChI is InChI=1S/C14H22FNO/c1-10(2)8-16(11(3)4)9-12-6-5-7-13(15)14(12)17/h5-7,10-11,17H,8-9H2,1-4H3. The van der Waals surface area contributed by atoms with E-state index >= 15 is 0 Å². The quantitative estimate of drug-likeness (QED) is 0.851. The van der Waals surface area contributed by atoms with Crippen molar-refractivity contribution in [2.75, 3.05) is 6.54 Å². The van der Waals surface area contributed by atoms with E-state index in [1.165, 1.54) is 6.07 Å². The third-order valence-corrected chi connectivity index (χ3v) is 2.77. The van der Waals surface area contributed by atoms with Crippen LogP contribution < -0.4 is 0 Å². The van der Waals surface area contributed by atoms with E-state index in [0.29, 0.717) is 24.1 Å². The first-order chi connectivity index (χ1) is 7.91. The smallest absolute Gasteiger partial charge is 0.165 e. The Morgan fingerprint density at radius 2 is 1.88 bits per heavy atom. The molecule has 0 saturated heterocycles. The van der Waals surface area contributed by atoms with Crippen LogP contribution in [0, 0.1) is 11.7 Å². The van der Waals surface area contributed by atoms with Crippen LogP contribution in [0.25, 0.3) is 0 Å². The average molecular weight is 239 g/mol. The van der Waals surface area contributed by atoms with Gasteiger partial charge in [0.1, 0.15) is 0 Å². The largest absolute Gasteiger partial charge is 0.505 e. The molecule has 2 nitrogen and oxygen atoms in total. The summed E-state index contributed by atoms with van der Waals surface area (Å²) in [5.41, 5.74) is 0.652. The van der Waals surface area contributed by atoms with Crippen molar-refractivity contribution in [2.24, 2.45) is 5.92 Å². The molecule has 0 aromatic heterocycles. The first-order valence-electron chi connectivity index (χ1n) is 6.12. The van der Waals surface area contributed by atoms with Gasteiger partial charge in [0, 0.05) is 24.7 Å². The van der Waals surface area contributed by atoms with Gasteiger partial charge in [0.25, 0.3) is 0 Å². The zero-order valence-corrected chi connectivity index (χ0v) is 11.1. The Labute approximate surface area is 103 Å². The Morgan fingerprint density at radius 3 is 2.41 bits per heavy atom. The lowest BCUT2D eigenvalue weighted by Crippen LogP contribution is -2.33. The maximum absolute atomic E-state index is 13.2. The van der Waals surface area contributed by atoms with Crippen LogP contribution in [0.1, 0.15) is 33.3 Å². The van der Waals surface area contributed by atoms with E-state index in [2.05, 4.69) is 32.6 Å². The Bertz CT molecular complexity index is 363. The third kappa shape index (κ3) is 4.00. The topological polar surface area (TPSA) is 23.5 Å². The fourth-order valence-electron chi connectivity index (χ4n) is 1.83. The fourth-order valence-corrected chi connectivity index (χ4v) is 1.83. The molecule has 0 aliphatic heterocycles. The summed E-state index contributed by atoms with van der Waals surface area (Å²) in [4.78, 5) is 2.24. The fraction of sp³-hybridized carbons (Fsp3) is 0.571. The van der Waals surface area contributed by atoms with E-state index in [4.69, 9.17) is 0 Å². The number of nitrogens with zero attached hydrogens (tertiary/aromatic N) is 1. The summed E-state index contributed by atoms with van der Waals surface area (Å²) in [5.74, 6) is -0.217. The summed E-state index contributed by atoms with van der Waals surface area (Å²) < 4.78 is 13.2. The molecular weight excluding hydrogens is 217 g/mol. The molecule has 0 unspecified atom stereocenters. The van der Waals surface area contributed by atoms with E-state index < -0.39 is 5.82 Å². The highest BCUT2D eigenvalue weighted by molar-refractivity contribution is 5.33. The molecule has 0 atom stereocenters. The number of hydrogen-bond acceptors (Lipinski definition) is 2. The number of rotatable bonds is 5. The molecule has 17 heavy (non-hydrogen) atoms. The average Bonchev–Trinajstić information content (AvgIpc) is 2.22. The zero-order chi connectivity index (χ0) is 13.0. The SMILES string of the molecule is CC(C)CN(Cc1cccc(F)c1O)C(C)C. The van der Waals surface area contributed by atoms with Gasteiger partial charge >= 0.3 is 0 Å². The molecule has 0 heterocycles. The monoisotopic (exact) mass is 239 g/mol. The molecule has 1 aromatic carbocycles. The second-order valence-electron chi connectivity index (χ2n) is 5.16. The van der Waals surface area contributed by atoms with E-state index in [1.54, 1.807) is 12.1 Å². The first-order valence-corrected chi connectivity index (χ1v) is 6.12. The van der Waals surface area contributed by atoms with Crippen molar-refractivity contribution in [3.63, 3.8) is 0 Å². The Kier molecular flexibility index (Phi) is 4.94. The van der Waals surface area contributed by atoms with Gasteiger partial charge in [-0.05, 0) is 25.8 Å². The number of benzene rings is 1. The lowest BCUT2D eigenvalue weighted by Gasteiger charge is -2.28. The molecule has 0 amide bonds. The molecule has 3 heteroatoms. The van der Waals surface area contributed by atoms with E-state index in [9.17, 15) is 9.50 Å². The van der Waals surface area contributed by atoms with Crippen LogP contribution in [0.3, 0.4) is 0 Å². The van der Waals surface area contributed by atoms with Gasteiger partial charge < -0.3 is 5.11 Å². The summed E-state index contributed by atoms with van der Waals surface area (Å²) in [7, 11) is 0. The Hall–Kier alpha value is -1.09. The van der Waals surface area contributed by atoms with Gasteiger partial charge in [0.2, 0.25) is 0 Å². The first kappa shape index (κ1) is 14.0. The second kappa shape index (κ2) is 6.01. The molecule has 0 bridgehead atoms. The molecule has 1 rings (SSSR count). The summed E-state index contributed by atoms with van der Waals surface area (Å²) in [5, 5.41) is 9.66. The summed E-state index contributed by atoms with van der Waals surface area (Å²) in [6.45, 7) is 10.0. The molecule has 0 spiro atoms. The minimum atomic E-state index is -0.546. The van der Waals surface area contributed by atoms with Crippen molar-refractivity contribution < 1.29 is 9.50 Å². The van der Waals surface area contributed by atoms with E-state index in [-0.39, 0.29) is 5.75 Å². The molecular formula is C14H22FNO. The van der Waals surface area contributed by atoms with Crippen molar-refractivity contribution in [3.8, 4) is 5.75 Å². The van der Waals surface area contributed by atoms with E-state index in [0.717, 1.165) is 6.54 Å². The van der Waals surface area contributed by atoms with Crippen molar-refractivity contribution in [2.45, 2.75) is 40.3 Å². The van der Waals surface area contributed by atoms with Crippen LogP contribution in [0.4, 0.5) is 4.39 Å². The number of hydrogen-bond donors (Lipinski definition) is 1. The summed E-state index contributed by atoms with van der Waals surface area (Å²) >= 11 is 0. The molecule has 1 N–H and O–H groups in total. The third-order valence-electron chi connectivity index (χ3n) is 2.77. The van der Waals surface area contributed by atoms with Crippen LogP contribution in [0.15, 0.2) is 18.2 Å². The van der Waals surface area contributed by atoms with Gasteiger partial charge in [0.15, 0.2) is 11.6 Å². The summed E-state index contributed by atoms with van der Waals surface area (Å²) in [6, 6.07) is 5.06. The second-order valence-corrected chi connectivity index (χ2v) is 5.16. The highest BCUT2D eigenvalue weighted by atomic mass is 19.1. The summed E-state index contributed by atoms with van der Waals surface area (Å²) in [6.07, 6.45) is 0. The normalized spacial score (nSPS) is 11.8. The predicted octanol–water partition coefficient (Wildman–Crippen LogP) is 3.40. The molecule has 0 aliphatic rings. The molecule has 0 fully saturated rings. The van der Waals surface area contributed by atoms with Crippen LogP contribution >= 0.6 is 0 Å². The zero-order valence-electron chi connectivity index (χ0n) is 11.1. The van der Waals surface area contributed by atoms with Crippen LogP contribution in [-0.2, 0) is 6.54 Å². The number of phenols is 1. The minimum absolute atomic E-state index is 0.220. The Morgan fingerprint density at radius 1 is 1.24 bits per heavy atom. The Balaban J connectivity index is 2.82. The number of phenolic OH excluding ortho intramolecular Hbond substituents is 1. The van der Waals surface area contributed by atoms with Crippen LogP contribution in [0.5, 0.6) is 5.75 Å². The van der Waals surface area contributed by atoms with Crippen molar-refractivity contribution in [1.29, 1.82) is 0 Å². The predicted molar refractivity (Wildman–Crippen MR) is 68.4 cm³/mol. The molecule has 0 saturated carbocycles. The van der Waals surface area contributed by atoms with Gasteiger partial charge in [-0.1, -0.05) is 26.0 Å². The van der Waals surface area contributed by atoms with Crippen LogP contribution in [0.2, 0.25) is 0 Å². The maximum Gasteiger partial charge on any atom is 0.165 e. The van der Waals surface area contributed by atoms with Gasteiger partial charge in [-0.25, -0.2) is 4.39 Å². The van der Waals surface area contributed by atoms with Crippen molar-refractivity contribution in [3.05, 3.63) is 29.6 Å². The van der Waals surface area contributed by atoms with Gasteiger partial charge in [-0.15, -0.1) is 0 Å². The molecule has 96 valence electrons. The number of aromatic hydroxyl groups is 1. The number of halogens is 1. The lowest BCUT2D eigenvalue weighted by molar-refractivity contribution is 0.186. The lowest BCUT2D eigenvalue weighted by atomic mass is 10.1. The molecule has 0 aliphatic carbocycles. The highest BCUT2D eigenvalue weighted by Gasteiger charge is 2.15. The van der Waals surface area contributed by atoms with Crippen molar-refractivity contribution in [1.82, 2.24) is 4.90 Å². The van der Waals surface area contributed by atoms with Gasteiger partial charge in [-0.3, -0.25) is 4.90 Å². The van der Waals surface area contributed by atoms with Crippen LogP contribution in [-0.4, -0.2) is 22.6 Å². The molecule has 1 aromatic rings. The number of para-hydroxylation sites is 1. The highest BCUT2D eigenvalue weighted by Crippen LogP contribution is 2.23. The molecule has 0 radical (unpaired) electrons. The minimum Gasteiger partial charge on any atom is -0.505 e. The van der Waals surface area contributed by atoms with Crippen molar-refractivity contribution >= 4 is 0 Å². The van der Waals surface area contributed by atoms with E-state index in [1.807, 2.05) is 0 Å². The van der Waals surface area contributed by atoms with Gasteiger partial charge in [0.05, 0.1) is 0 Å². The maximum atomic E-state index is 13.2.